The van der Waals surface area contributed by atoms with Gasteiger partial charge in [-0.1, -0.05) is 53.7 Å². The third-order valence-corrected chi connectivity index (χ3v) is 4.91. The van der Waals surface area contributed by atoms with Crippen molar-refractivity contribution >= 4 is 40.6 Å². The summed E-state index contributed by atoms with van der Waals surface area (Å²) in [5.41, 5.74) is 0.657. The monoisotopic (exact) mass is 384 g/mol. The standard InChI is InChI=1S/C19H13ClN2O3S/c20-16-12-13(22(24)25)10-11-15(16)19(23)21-17-8-4-5-9-18(17)26-14-6-2-1-3-7-14/h1-12H,(H,21,23). The first-order chi connectivity index (χ1) is 12.5. The zero-order valence-corrected chi connectivity index (χ0v) is 15.0. The van der Waals surface area contributed by atoms with E-state index in [1.807, 2.05) is 48.5 Å². The molecule has 1 N–H and O–H groups in total. The van der Waals surface area contributed by atoms with Gasteiger partial charge in [0.25, 0.3) is 11.6 Å². The van der Waals surface area contributed by atoms with Crippen LogP contribution < -0.4 is 5.32 Å². The van der Waals surface area contributed by atoms with Crippen LogP contribution in [0.1, 0.15) is 10.4 Å². The Bertz CT molecular complexity index is 964. The number of amides is 1. The Morgan fingerprint density at radius 3 is 2.38 bits per heavy atom. The SMILES string of the molecule is O=C(Nc1ccccc1Sc1ccccc1)c1ccc([N+](=O)[O-])cc1Cl. The van der Waals surface area contributed by atoms with Gasteiger partial charge in [-0.2, -0.15) is 0 Å². The van der Waals surface area contributed by atoms with Crippen molar-refractivity contribution in [2.75, 3.05) is 5.32 Å². The predicted molar refractivity (Wildman–Crippen MR) is 103 cm³/mol. The van der Waals surface area contributed by atoms with Gasteiger partial charge in [0.05, 0.1) is 21.2 Å². The molecule has 1 amide bonds. The smallest absolute Gasteiger partial charge is 0.270 e. The number of benzene rings is 3. The zero-order valence-electron chi connectivity index (χ0n) is 13.4. The van der Waals surface area contributed by atoms with E-state index in [-0.39, 0.29) is 16.3 Å². The molecule has 130 valence electrons. The fourth-order valence-corrected chi connectivity index (χ4v) is 3.45. The van der Waals surface area contributed by atoms with Crippen LogP contribution in [0.2, 0.25) is 5.02 Å². The summed E-state index contributed by atoms with van der Waals surface area (Å²) in [6.07, 6.45) is 0. The van der Waals surface area contributed by atoms with E-state index in [9.17, 15) is 14.9 Å². The fraction of sp³-hybridized carbons (Fsp3) is 0. The Kier molecular flexibility index (Phi) is 5.55. The minimum Gasteiger partial charge on any atom is -0.321 e. The molecule has 0 aromatic heterocycles. The van der Waals surface area contributed by atoms with E-state index in [1.165, 1.54) is 30.0 Å². The summed E-state index contributed by atoms with van der Waals surface area (Å²) in [5, 5.41) is 13.6. The molecule has 0 aliphatic rings. The topological polar surface area (TPSA) is 72.2 Å². The summed E-state index contributed by atoms with van der Waals surface area (Å²) in [6.45, 7) is 0. The summed E-state index contributed by atoms with van der Waals surface area (Å²) in [4.78, 5) is 24.7. The lowest BCUT2D eigenvalue weighted by molar-refractivity contribution is -0.384. The van der Waals surface area contributed by atoms with Gasteiger partial charge in [0, 0.05) is 21.9 Å². The molecular formula is C19H13ClN2O3S. The maximum atomic E-state index is 12.5. The molecule has 0 spiro atoms. The summed E-state index contributed by atoms with van der Waals surface area (Å²) in [6, 6.07) is 21.0. The largest absolute Gasteiger partial charge is 0.321 e. The Balaban J connectivity index is 1.83. The van der Waals surface area contributed by atoms with Crippen molar-refractivity contribution in [3.05, 3.63) is 93.5 Å². The van der Waals surface area contributed by atoms with Crippen molar-refractivity contribution in [2.24, 2.45) is 0 Å². The average molecular weight is 385 g/mol. The number of para-hydroxylation sites is 1. The van der Waals surface area contributed by atoms with Crippen LogP contribution in [0.4, 0.5) is 11.4 Å². The number of rotatable bonds is 5. The van der Waals surface area contributed by atoms with Crippen LogP contribution in [0.15, 0.2) is 82.6 Å². The quantitative estimate of drug-likeness (QED) is 0.455. The lowest BCUT2D eigenvalue weighted by atomic mass is 10.2. The minimum absolute atomic E-state index is 0.0323. The van der Waals surface area contributed by atoms with Gasteiger partial charge in [-0.25, -0.2) is 0 Å². The number of nitrogens with one attached hydrogen (secondary N) is 1. The molecule has 3 aromatic carbocycles. The molecular weight excluding hydrogens is 372 g/mol. The van der Waals surface area contributed by atoms with Crippen molar-refractivity contribution in [1.82, 2.24) is 0 Å². The average Bonchev–Trinajstić information content (AvgIpc) is 2.64. The highest BCUT2D eigenvalue weighted by Crippen LogP contribution is 2.33. The predicted octanol–water partition coefficient (Wildman–Crippen LogP) is 5.65. The Hall–Kier alpha value is -2.83. The third-order valence-electron chi connectivity index (χ3n) is 3.51. The van der Waals surface area contributed by atoms with Crippen molar-refractivity contribution in [3.8, 4) is 0 Å². The van der Waals surface area contributed by atoms with Crippen LogP contribution in [-0.4, -0.2) is 10.8 Å². The number of non-ortho nitro benzene ring substituents is 1. The Morgan fingerprint density at radius 1 is 1.00 bits per heavy atom. The molecule has 0 heterocycles. The molecule has 0 bridgehead atoms. The number of hydrogen-bond acceptors (Lipinski definition) is 4. The summed E-state index contributed by atoms with van der Waals surface area (Å²) < 4.78 is 0. The van der Waals surface area contributed by atoms with Gasteiger partial charge in [0.2, 0.25) is 0 Å². The van der Waals surface area contributed by atoms with Crippen LogP contribution in [0, 0.1) is 10.1 Å². The second-order valence-corrected chi connectivity index (χ2v) is 6.81. The molecule has 0 aliphatic heterocycles. The zero-order chi connectivity index (χ0) is 18.5. The first kappa shape index (κ1) is 18.0. The molecule has 5 nitrogen and oxygen atoms in total. The second kappa shape index (κ2) is 8.03. The number of carbonyl (C=O) groups is 1. The van der Waals surface area contributed by atoms with Crippen LogP contribution in [0.3, 0.4) is 0 Å². The number of anilines is 1. The summed E-state index contributed by atoms with van der Waals surface area (Å²) in [7, 11) is 0. The van der Waals surface area contributed by atoms with E-state index in [2.05, 4.69) is 5.32 Å². The molecule has 26 heavy (non-hydrogen) atoms. The van der Waals surface area contributed by atoms with Crippen LogP contribution in [0.25, 0.3) is 0 Å². The van der Waals surface area contributed by atoms with Crippen molar-refractivity contribution < 1.29 is 9.72 Å². The Labute approximate surface area is 159 Å². The van der Waals surface area contributed by atoms with Gasteiger partial charge >= 0.3 is 0 Å². The number of carbonyl (C=O) groups excluding carboxylic acids is 1. The maximum Gasteiger partial charge on any atom is 0.270 e. The fourth-order valence-electron chi connectivity index (χ4n) is 2.27. The second-order valence-electron chi connectivity index (χ2n) is 5.29. The highest BCUT2D eigenvalue weighted by Gasteiger charge is 2.16. The van der Waals surface area contributed by atoms with E-state index in [0.29, 0.717) is 5.69 Å². The molecule has 0 saturated heterocycles. The minimum atomic E-state index is -0.556. The highest BCUT2D eigenvalue weighted by atomic mass is 35.5. The van der Waals surface area contributed by atoms with Gasteiger partial charge < -0.3 is 5.32 Å². The van der Waals surface area contributed by atoms with Crippen molar-refractivity contribution in [3.63, 3.8) is 0 Å². The molecule has 3 rings (SSSR count). The highest BCUT2D eigenvalue weighted by molar-refractivity contribution is 7.99. The molecule has 3 aromatic rings. The maximum absolute atomic E-state index is 12.5. The van der Waals surface area contributed by atoms with Crippen LogP contribution in [0.5, 0.6) is 0 Å². The van der Waals surface area contributed by atoms with E-state index in [4.69, 9.17) is 11.6 Å². The van der Waals surface area contributed by atoms with Gasteiger partial charge in [-0.15, -0.1) is 0 Å². The van der Waals surface area contributed by atoms with E-state index >= 15 is 0 Å². The normalized spacial score (nSPS) is 10.3. The molecule has 7 heteroatoms. The molecule has 0 aliphatic carbocycles. The van der Waals surface area contributed by atoms with Gasteiger partial charge in [-0.3, -0.25) is 14.9 Å². The molecule has 0 atom stereocenters. The third kappa shape index (κ3) is 4.22. The van der Waals surface area contributed by atoms with E-state index < -0.39 is 10.8 Å². The summed E-state index contributed by atoms with van der Waals surface area (Å²) in [5.74, 6) is -0.425. The molecule has 0 radical (unpaired) electrons. The first-order valence-electron chi connectivity index (χ1n) is 7.62. The van der Waals surface area contributed by atoms with Gasteiger partial charge in [-0.05, 0) is 30.3 Å². The van der Waals surface area contributed by atoms with Gasteiger partial charge in [0.1, 0.15) is 0 Å². The van der Waals surface area contributed by atoms with Gasteiger partial charge in [0.15, 0.2) is 0 Å². The molecule has 0 fully saturated rings. The van der Waals surface area contributed by atoms with E-state index in [1.54, 1.807) is 6.07 Å². The molecule has 0 saturated carbocycles. The Morgan fingerprint density at radius 2 is 1.69 bits per heavy atom. The van der Waals surface area contributed by atoms with Crippen LogP contribution in [-0.2, 0) is 0 Å². The number of hydrogen-bond donors (Lipinski definition) is 1. The lowest BCUT2D eigenvalue weighted by Crippen LogP contribution is -2.13. The summed E-state index contributed by atoms with van der Waals surface area (Å²) >= 11 is 7.56. The van der Waals surface area contributed by atoms with Crippen molar-refractivity contribution in [1.29, 1.82) is 0 Å². The first-order valence-corrected chi connectivity index (χ1v) is 8.81. The number of nitrogens with zero attached hydrogens (tertiary/aromatic N) is 1. The molecule has 0 unspecified atom stereocenters. The lowest BCUT2D eigenvalue weighted by Gasteiger charge is -2.11. The number of nitro groups is 1. The number of nitro benzene ring substituents is 1. The van der Waals surface area contributed by atoms with Crippen molar-refractivity contribution in [2.45, 2.75) is 9.79 Å². The van der Waals surface area contributed by atoms with E-state index in [0.717, 1.165) is 9.79 Å². The number of halogens is 1. The van der Waals surface area contributed by atoms with Crippen LogP contribution >= 0.6 is 23.4 Å².